The van der Waals surface area contributed by atoms with Gasteiger partial charge in [-0.2, -0.15) is 5.10 Å². The second-order valence-electron chi connectivity index (χ2n) is 8.10. The summed E-state index contributed by atoms with van der Waals surface area (Å²) in [4.78, 5) is 12.6. The number of methoxy groups -OCH3 is 2. The molecular formula is C25H30N4O5S. The highest BCUT2D eigenvalue weighted by Gasteiger charge is 2.22. The molecular weight excluding hydrogens is 468 g/mol. The average molecular weight is 499 g/mol. The number of carbonyl (C=O) groups excluding carboxylic acids is 1. The highest BCUT2D eigenvalue weighted by Crippen LogP contribution is 2.32. The van der Waals surface area contributed by atoms with Gasteiger partial charge in [0.05, 0.1) is 32.4 Å². The first-order valence-electron chi connectivity index (χ1n) is 10.8. The van der Waals surface area contributed by atoms with Gasteiger partial charge in [-0.3, -0.25) is 9.10 Å². The second kappa shape index (κ2) is 10.6. The molecule has 1 amide bonds. The van der Waals surface area contributed by atoms with Gasteiger partial charge in [0.1, 0.15) is 6.54 Å². The molecule has 10 heteroatoms. The third kappa shape index (κ3) is 6.02. The van der Waals surface area contributed by atoms with Gasteiger partial charge in [0.25, 0.3) is 5.91 Å². The Kier molecular flexibility index (Phi) is 7.85. The number of carbonyl (C=O) groups is 1. The Bertz CT molecular complexity index is 1360. The topological polar surface area (TPSA) is 102 Å². The van der Waals surface area contributed by atoms with E-state index in [0.717, 1.165) is 38.8 Å². The van der Waals surface area contributed by atoms with Crippen LogP contribution in [0.3, 0.4) is 0 Å². The summed E-state index contributed by atoms with van der Waals surface area (Å²) in [6.07, 6.45) is 2.58. The number of sulfonamides is 1. The van der Waals surface area contributed by atoms with E-state index in [1.807, 2.05) is 45.0 Å². The van der Waals surface area contributed by atoms with Crippen molar-refractivity contribution in [3.05, 3.63) is 71.0 Å². The zero-order valence-electron chi connectivity index (χ0n) is 20.7. The first-order chi connectivity index (χ1) is 16.5. The summed E-state index contributed by atoms with van der Waals surface area (Å²) >= 11 is 0. The molecule has 35 heavy (non-hydrogen) atoms. The lowest BCUT2D eigenvalue weighted by molar-refractivity contribution is -0.119. The highest BCUT2D eigenvalue weighted by atomic mass is 32.2. The monoisotopic (exact) mass is 498 g/mol. The summed E-state index contributed by atoms with van der Waals surface area (Å²) in [6.45, 7) is 5.56. The highest BCUT2D eigenvalue weighted by molar-refractivity contribution is 7.92. The van der Waals surface area contributed by atoms with Crippen molar-refractivity contribution < 1.29 is 22.7 Å². The minimum absolute atomic E-state index is 0.269. The van der Waals surface area contributed by atoms with Gasteiger partial charge in [-0.25, -0.2) is 13.8 Å². The summed E-state index contributed by atoms with van der Waals surface area (Å²) in [5, 5.41) is 4.05. The van der Waals surface area contributed by atoms with Crippen LogP contribution in [-0.4, -0.2) is 52.1 Å². The van der Waals surface area contributed by atoms with Crippen LogP contribution in [0.25, 0.3) is 5.69 Å². The van der Waals surface area contributed by atoms with Gasteiger partial charge >= 0.3 is 0 Å². The molecule has 2 aromatic carbocycles. The molecule has 0 saturated carbocycles. The number of hydrogen-bond donors (Lipinski definition) is 1. The van der Waals surface area contributed by atoms with Crippen molar-refractivity contribution in [2.24, 2.45) is 5.10 Å². The van der Waals surface area contributed by atoms with Gasteiger partial charge in [0, 0.05) is 28.7 Å². The number of anilines is 1. The molecule has 9 nitrogen and oxygen atoms in total. The van der Waals surface area contributed by atoms with Crippen molar-refractivity contribution >= 4 is 27.8 Å². The Morgan fingerprint density at radius 1 is 1.06 bits per heavy atom. The van der Waals surface area contributed by atoms with Crippen LogP contribution >= 0.6 is 0 Å². The van der Waals surface area contributed by atoms with Crippen molar-refractivity contribution in [2.75, 3.05) is 31.3 Å². The number of hydrazone groups is 1. The number of nitrogens with one attached hydrogen (secondary N) is 1. The molecule has 0 unspecified atom stereocenters. The molecule has 1 aromatic heterocycles. The number of hydrogen-bond acceptors (Lipinski definition) is 6. The Morgan fingerprint density at radius 2 is 1.77 bits per heavy atom. The van der Waals surface area contributed by atoms with Crippen LogP contribution in [0.15, 0.2) is 53.6 Å². The van der Waals surface area contributed by atoms with Gasteiger partial charge in [-0.05, 0) is 56.7 Å². The molecule has 3 aromatic rings. The van der Waals surface area contributed by atoms with Crippen LogP contribution in [0.1, 0.15) is 22.5 Å². The molecule has 1 heterocycles. The van der Waals surface area contributed by atoms with Crippen molar-refractivity contribution in [1.29, 1.82) is 0 Å². The van der Waals surface area contributed by atoms with Crippen LogP contribution in [0.5, 0.6) is 11.5 Å². The fourth-order valence-electron chi connectivity index (χ4n) is 3.80. The zero-order valence-corrected chi connectivity index (χ0v) is 21.5. The van der Waals surface area contributed by atoms with E-state index in [-0.39, 0.29) is 5.69 Å². The van der Waals surface area contributed by atoms with Crippen LogP contribution in [-0.2, 0) is 14.8 Å². The van der Waals surface area contributed by atoms with E-state index in [1.165, 1.54) is 20.3 Å². The molecule has 0 bridgehead atoms. The first kappa shape index (κ1) is 25.8. The maximum Gasteiger partial charge on any atom is 0.260 e. The zero-order chi connectivity index (χ0) is 25.8. The summed E-state index contributed by atoms with van der Waals surface area (Å²) in [5.41, 5.74) is 7.72. The van der Waals surface area contributed by atoms with Crippen LogP contribution < -0.4 is 19.2 Å². The van der Waals surface area contributed by atoms with E-state index >= 15 is 0 Å². The average Bonchev–Trinajstić information content (AvgIpc) is 3.09. The lowest BCUT2D eigenvalue weighted by Crippen LogP contribution is -2.39. The lowest BCUT2D eigenvalue weighted by atomic mass is 10.2. The summed E-state index contributed by atoms with van der Waals surface area (Å²) in [5.74, 6) is 0.206. The lowest BCUT2D eigenvalue weighted by Gasteiger charge is -2.22. The third-order valence-electron chi connectivity index (χ3n) is 5.47. The molecule has 0 fully saturated rings. The Morgan fingerprint density at radius 3 is 2.40 bits per heavy atom. The fraction of sp³-hybridized carbons (Fsp3) is 0.280. The van der Waals surface area contributed by atoms with Gasteiger partial charge in [-0.15, -0.1) is 0 Å². The quantitative estimate of drug-likeness (QED) is 0.360. The standard InChI is InChI=1S/C25H30N4O5S/c1-17-8-7-9-22(12-17)29-18(2)13-20(19(29)3)15-26-27-25(30)16-28(35(6,31)32)21-10-11-23(33-4)24(14-21)34-5/h7-15H,16H2,1-6H3,(H,27,30)/b26-15-. The van der Waals surface area contributed by atoms with Crippen LogP contribution in [0.4, 0.5) is 5.69 Å². The minimum atomic E-state index is -3.76. The number of ether oxygens (including phenoxy) is 2. The van der Waals surface area contributed by atoms with Gasteiger partial charge < -0.3 is 14.0 Å². The van der Waals surface area contributed by atoms with Gasteiger partial charge in [-0.1, -0.05) is 12.1 Å². The number of rotatable bonds is 9. The number of aryl methyl sites for hydroxylation is 2. The molecule has 0 aliphatic heterocycles. The summed E-state index contributed by atoms with van der Waals surface area (Å²) < 4.78 is 38.3. The van der Waals surface area contributed by atoms with E-state index in [4.69, 9.17) is 9.47 Å². The maximum absolute atomic E-state index is 12.6. The minimum Gasteiger partial charge on any atom is -0.493 e. The predicted molar refractivity (Wildman–Crippen MR) is 137 cm³/mol. The predicted octanol–water partition coefficient (Wildman–Crippen LogP) is 3.34. The number of benzene rings is 2. The van der Waals surface area contributed by atoms with Crippen molar-refractivity contribution in [1.82, 2.24) is 9.99 Å². The number of aromatic nitrogens is 1. The SMILES string of the molecule is COc1ccc(N(CC(=O)N/N=C\c2cc(C)n(-c3cccc(C)c3)c2C)S(C)(=O)=O)cc1OC. The Labute approximate surface area is 206 Å². The van der Waals surface area contributed by atoms with Crippen molar-refractivity contribution in [2.45, 2.75) is 20.8 Å². The molecule has 3 rings (SSSR count). The first-order valence-corrected chi connectivity index (χ1v) is 12.7. The summed E-state index contributed by atoms with van der Waals surface area (Å²) in [7, 11) is -0.827. The normalized spacial score (nSPS) is 11.5. The van der Waals surface area contributed by atoms with Crippen LogP contribution in [0, 0.1) is 20.8 Å². The van der Waals surface area contributed by atoms with E-state index < -0.39 is 22.5 Å². The Hall–Kier alpha value is -3.79. The molecule has 186 valence electrons. The fourth-order valence-corrected chi connectivity index (χ4v) is 4.65. The van der Waals surface area contributed by atoms with E-state index in [1.54, 1.807) is 18.3 Å². The maximum atomic E-state index is 12.6. The Balaban J connectivity index is 1.76. The van der Waals surface area contributed by atoms with Crippen molar-refractivity contribution in [3.63, 3.8) is 0 Å². The molecule has 0 spiro atoms. The van der Waals surface area contributed by atoms with Gasteiger partial charge in [0.2, 0.25) is 10.0 Å². The van der Waals surface area contributed by atoms with Crippen molar-refractivity contribution in [3.8, 4) is 17.2 Å². The third-order valence-corrected chi connectivity index (χ3v) is 6.61. The van der Waals surface area contributed by atoms with Gasteiger partial charge in [0.15, 0.2) is 11.5 Å². The smallest absolute Gasteiger partial charge is 0.260 e. The molecule has 0 atom stereocenters. The molecule has 0 aliphatic rings. The number of nitrogens with zero attached hydrogens (tertiary/aromatic N) is 3. The van der Waals surface area contributed by atoms with Crippen LogP contribution in [0.2, 0.25) is 0 Å². The largest absolute Gasteiger partial charge is 0.493 e. The van der Waals surface area contributed by atoms with E-state index in [2.05, 4.69) is 21.2 Å². The molecule has 0 saturated heterocycles. The molecule has 0 aliphatic carbocycles. The van der Waals surface area contributed by atoms with E-state index in [9.17, 15) is 13.2 Å². The summed E-state index contributed by atoms with van der Waals surface area (Å²) in [6, 6.07) is 14.8. The molecule has 1 N–H and O–H groups in total. The molecule has 0 radical (unpaired) electrons. The van der Waals surface area contributed by atoms with E-state index in [0.29, 0.717) is 11.5 Å². The number of amides is 1. The second-order valence-corrected chi connectivity index (χ2v) is 10.0.